The number of benzene rings is 1. The molecule has 5 N–H and O–H groups in total. The summed E-state index contributed by atoms with van der Waals surface area (Å²) in [6.45, 7) is 3.17. The third-order valence-corrected chi connectivity index (χ3v) is 4.80. The Kier molecular flexibility index (Phi) is 8.94. The van der Waals surface area contributed by atoms with E-state index in [2.05, 4.69) is 10.3 Å². The summed E-state index contributed by atoms with van der Waals surface area (Å²) in [4.78, 5) is 28.9. The molecule has 33 heavy (non-hydrogen) atoms. The van der Waals surface area contributed by atoms with E-state index in [1.807, 2.05) is 0 Å². The molecule has 0 aliphatic carbocycles. The largest absolute Gasteiger partial charge is 0.475 e. The lowest BCUT2D eigenvalue weighted by Gasteiger charge is -2.30. The highest BCUT2D eigenvalue weighted by atomic mass is 35.5. The molecule has 1 heterocycles. The Morgan fingerprint density at radius 3 is 2.70 bits per heavy atom. The molecule has 0 aromatic heterocycles. The molecule has 0 saturated carbocycles. The third kappa shape index (κ3) is 6.99. The number of carbonyl (C=O) groups excluding carboxylic acids is 2. The molecule has 182 valence electrons. The molecule has 1 aliphatic rings. The molecule has 0 radical (unpaired) electrons. The van der Waals surface area contributed by atoms with Crippen LogP contribution in [-0.4, -0.2) is 54.5 Å². The van der Waals surface area contributed by atoms with E-state index in [1.165, 1.54) is 19.1 Å². The second-order valence-corrected chi connectivity index (χ2v) is 7.52. The van der Waals surface area contributed by atoms with Crippen molar-refractivity contribution >= 4 is 35.5 Å². The minimum Gasteiger partial charge on any atom is -0.475 e. The number of guanidine groups is 1. The maximum absolute atomic E-state index is 13.7. The number of nitrogens with one attached hydrogen (secondary N) is 2. The second kappa shape index (κ2) is 11.2. The molecule has 0 saturated heterocycles. The molecule has 9 nitrogen and oxygen atoms in total. The van der Waals surface area contributed by atoms with Gasteiger partial charge in [0.1, 0.15) is 11.8 Å². The number of aryl methyl sites for hydroxylation is 1. The summed E-state index contributed by atoms with van der Waals surface area (Å²) in [7, 11) is 0. The fraction of sp³-hybridized carbons (Fsp3) is 0.450. The molecule has 0 fully saturated rings. The highest BCUT2D eigenvalue weighted by Gasteiger charge is 2.49. The average Bonchev–Trinajstić information content (AvgIpc) is 2.73. The summed E-state index contributed by atoms with van der Waals surface area (Å²) < 4.78 is 51.2. The lowest BCUT2D eigenvalue weighted by Crippen LogP contribution is -2.48. The quantitative estimate of drug-likeness (QED) is 0.144. The Morgan fingerprint density at radius 2 is 2.09 bits per heavy atom. The number of amides is 1. The molecule has 0 spiro atoms. The van der Waals surface area contributed by atoms with E-state index in [0.29, 0.717) is 5.56 Å². The number of carbonyl (C=O) groups is 2. The van der Waals surface area contributed by atoms with Crippen LogP contribution in [0.15, 0.2) is 22.7 Å². The smallest absolute Gasteiger partial charge is 0.429 e. The van der Waals surface area contributed by atoms with Gasteiger partial charge in [-0.3, -0.25) is 15.0 Å². The molecular weight excluding hydrogens is 469 g/mol. The number of esters is 1. The van der Waals surface area contributed by atoms with Gasteiger partial charge in [-0.25, -0.2) is 10.3 Å². The number of aliphatic imine (C=N–C) groups is 1. The van der Waals surface area contributed by atoms with Crippen LogP contribution in [0, 0.1) is 6.92 Å². The molecule has 0 bridgehead atoms. The molecule has 1 aromatic rings. The van der Waals surface area contributed by atoms with Gasteiger partial charge in [-0.2, -0.15) is 13.2 Å². The number of ether oxygens (including phenoxy) is 2. The molecule has 0 unspecified atom stereocenters. The van der Waals surface area contributed by atoms with Gasteiger partial charge in [-0.1, -0.05) is 11.6 Å². The number of alkyl halides is 3. The van der Waals surface area contributed by atoms with Crippen LogP contribution in [0.25, 0.3) is 6.08 Å². The minimum absolute atomic E-state index is 0.000866. The zero-order valence-corrected chi connectivity index (χ0v) is 18.6. The minimum atomic E-state index is -4.89. The van der Waals surface area contributed by atoms with Gasteiger partial charge >= 0.3 is 12.1 Å². The zero-order chi connectivity index (χ0) is 24.8. The fourth-order valence-electron chi connectivity index (χ4n) is 3.14. The Labute approximate surface area is 192 Å². The summed E-state index contributed by atoms with van der Waals surface area (Å²) in [5.74, 6) is -2.24. The van der Waals surface area contributed by atoms with Crippen LogP contribution in [0.1, 0.15) is 30.9 Å². The van der Waals surface area contributed by atoms with Crippen LogP contribution in [0.5, 0.6) is 5.75 Å². The summed E-state index contributed by atoms with van der Waals surface area (Å²) in [5.41, 5.74) is 6.78. The topological polar surface area (TPSA) is 135 Å². The molecule has 1 amide bonds. The van der Waals surface area contributed by atoms with E-state index in [1.54, 1.807) is 12.4 Å². The maximum atomic E-state index is 13.7. The van der Waals surface area contributed by atoms with Gasteiger partial charge < -0.3 is 20.5 Å². The predicted octanol–water partition coefficient (Wildman–Crippen LogP) is 2.48. The van der Waals surface area contributed by atoms with Crippen LogP contribution >= 0.6 is 11.6 Å². The number of fused-ring (bicyclic) bond motifs is 1. The van der Waals surface area contributed by atoms with Crippen molar-refractivity contribution in [3.05, 3.63) is 33.9 Å². The van der Waals surface area contributed by atoms with Crippen molar-refractivity contribution < 1.29 is 37.4 Å². The Morgan fingerprint density at radius 1 is 1.39 bits per heavy atom. The standard InChI is InChI=1S/C20H24ClF3N4O5/c1-3-32-18(30)14(5-4-6-26-19(25)28-31)27-17(29)13-9-11-8-12(21)7-10(2)15(11)33-16(13)20(22,23)24/h7-9,14,16,31H,3-6H2,1-2H3,(H,27,29)(H3,25,26,28)/t14-,16-/m0/s1. The van der Waals surface area contributed by atoms with Gasteiger partial charge in [0.05, 0.1) is 12.2 Å². The second-order valence-electron chi connectivity index (χ2n) is 7.08. The van der Waals surface area contributed by atoms with E-state index in [4.69, 9.17) is 32.0 Å². The van der Waals surface area contributed by atoms with Crippen molar-refractivity contribution in [1.82, 2.24) is 10.8 Å². The molecule has 2 rings (SSSR count). The highest BCUT2D eigenvalue weighted by Crippen LogP contribution is 2.40. The van der Waals surface area contributed by atoms with E-state index in [0.717, 1.165) is 6.08 Å². The van der Waals surface area contributed by atoms with E-state index < -0.39 is 35.8 Å². The molecular formula is C20H24ClF3N4O5. The summed E-state index contributed by atoms with van der Waals surface area (Å²) in [6, 6.07) is 1.59. The first-order chi connectivity index (χ1) is 15.5. The van der Waals surface area contributed by atoms with Crippen molar-refractivity contribution in [2.75, 3.05) is 13.2 Å². The summed E-state index contributed by atoms with van der Waals surface area (Å²) in [6.07, 6.45) is -6.17. The van der Waals surface area contributed by atoms with Crippen molar-refractivity contribution in [2.24, 2.45) is 10.7 Å². The fourth-order valence-corrected chi connectivity index (χ4v) is 3.42. The van der Waals surface area contributed by atoms with Crippen molar-refractivity contribution in [3.8, 4) is 5.75 Å². The first kappa shape index (κ1) is 26.3. The van der Waals surface area contributed by atoms with Gasteiger partial charge in [0, 0.05) is 17.1 Å². The lowest BCUT2D eigenvalue weighted by atomic mass is 9.98. The molecule has 2 atom stereocenters. The number of halogens is 4. The third-order valence-electron chi connectivity index (χ3n) is 4.58. The Hall–Kier alpha value is -2.99. The molecule has 13 heteroatoms. The van der Waals surface area contributed by atoms with Crippen LogP contribution in [-0.2, 0) is 14.3 Å². The average molecular weight is 493 g/mol. The SMILES string of the molecule is CCOC(=O)[C@H](CCCN=C(N)NO)NC(=O)C1=Cc2cc(Cl)cc(C)c2O[C@@H]1C(F)(F)F. The number of nitrogens with two attached hydrogens (primary N) is 1. The molecule has 1 aromatic carbocycles. The van der Waals surface area contributed by atoms with Gasteiger partial charge in [0.2, 0.25) is 12.1 Å². The van der Waals surface area contributed by atoms with E-state index >= 15 is 0 Å². The van der Waals surface area contributed by atoms with E-state index in [-0.39, 0.29) is 48.3 Å². The van der Waals surface area contributed by atoms with Crippen LogP contribution in [0.2, 0.25) is 5.02 Å². The van der Waals surface area contributed by atoms with Gasteiger partial charge in [-0.05, 0) is 50.5 Å². The summed E-state index contributed by atoms with van der Waals surface area (Å²) in [5, 5.41) is 11.2. The monoisotopic (exact) mass is 492 g/mol. The van der Waals surface area contributed by atoms with Crippen LogP contribution < -0.4 is 21.3 Å². The van der Waals surface area contributed by atoms with Crippen molar-refractivity contribution in [2.45, 2.75) is 45.0 Å². The van der Waals surface area contributed by atoms with Crippen LogP contribution in [0.4, 0.5) is 13.2 Å². The highest BCUT2D eigenvalue weighted by molar-refractivity contribution is 6.30. The number of hydrogen-bond donors (Lipinski definition) is 4. The number of hydroxylamine groups is 1. The normalized spacial score (nSPS) is 16.8. The first-order valence-electron chi connectivity index (χ1n) is 9.90. The Bertz CT molecular complexity index is 952. The predicted molar refractivity (Wildman–Crippen MR) is 114 cm³/mol. The molecule has 1 aliphatic heterocycles. The van der Waals surface area contributed by atoms with Gasteiger partial charge in [-0.15, -0.1) is 0 Å². The van der Waals surface area contributed by atoms with Crippen molar-refractivity contribution in [3.63, 3.8) is 0 Å². The van der Waals surface area contributed by atoms with Crippen LogP contribution in [0.3, 0.4) is 0 Å². The number of rotatable bonds is 8. The van der Waals surface area contributed by atoms with Crippen molar-refractivity contribution in [1.29, 1.82) is 0 Å². The van der Waals surface area contributed by atoms with Gasteiger partial charge in [0.15, 0.2) is 0 Å². The van der Waals surface area contributed by atoms with Gasteiger partial charge in [0.25, 0.3) is 5.91 Å². The first-order valence-corrected chi connectivity index (χ1v) is 10.3. The Balaban J connectivity index is 2.30. The number of nitrogens with zero attached hydrogens (tertiary/aromatic N) is 1. The number of hydrogen-bond acceptors (Lipinski definition) is 6. The van der Waals surface area contributed by atoms with E-state index in [9.17, 15) is 22.8 Å². The zero-order valence-electron chi connectivity index (χ0n) is 17.8. The maximum Gasteiger partial charge on any atom is 0.429 e. The lowest BCUT2D eigenvalue weighted by molar-refractivity contribution is -0.185. The summed E-state index contributed by atoms with van der Waals surface area (Å²) >= 11 is 5.99.